The van der Waals surface area contributed by atoms with Gasteiger partial charge in [0.2, 0.25) is 5.91 Å². The van der Waals surface area contributed by atoms with Crippen molar-refractivity contribution in [3.05, 3.63) is 107 Å². The molecule has 3 aromatic carbocycles. The molecule has 0 spiro atoms. The van der Waals surface area contributed by atoms with Crippen LogP contribution in [0.15, 0.2) is 84.9 Å². The minimum Gasteiger partial charge on any atom is -0.508 e. The van der Waals surface area contributed by atoms with E-state index in [2.05, 4.69) is 38.1 Å². The highest BCUT2D eigenvalue weighted by molar-refractivity contribution is 5.98. The molecular formula is C32H36N2O5. The maximum absolute atomic E-state index is 11.7. The molecule has 0 heterocycles. The molecule has 3 aromatic rings. The molecule has 0 fully saturated rings. The summed E-state index contributed by atoms with van der Waals surface area (Å²) in [6.07, 6.45) is 2.62. The number of phenols is 1. The van der Waals surface area contributed by atoms with Gasteiger partial charge in [-0.15, -0.1) is 0 Å². The highest BCUT2D eigenvalue weighted by Gasteiger charge is 2.14. The third kappa shape index (κ3) is 8.23. The number of nitrogens with zero attached hydrogens (tertiary/aromatic N) is 2. The highest BCUT2D eigenvalue weighted by Crippen LogP contribution is 2.35. The molecule has 2 amide bonds. The zero-order valence-electron chi connectivity index (χ0n) is 22.9. The van der Waals surface area contributed by atoms with Gasteiger partial charge in [0, 0.05) is 26.7 Å². The van der Waals surface area contributed by atoms with Gasteiger partial charge in [-0.25, -0.2) is 4.79 Å². The Morgan fingerprint density at radius 1 is 0.872 bits per heavy atom. The molecule has 7 heteroatoms. The average molecular weight is 529 g/mol. The molecule has 0 aliphatic heterocycles. The Morgan fingerprint density at radius 2 is 1.44 bits per heavy atom. The minimum absolute atomic E-state index is 0.0940. The van der Waals surface area contributed by atoms with Crippen molar-refractivity contribution in [1.82, 2.24) is 9.80 Å². The Bertz CT molecular complexity index is 1310. The van der Waals surface area contributed by atoms with Crippen LogP contribution in [0.2, 0.25) is 0 Å². The number of benzene rings is 3. The fourth-order valence-corrected chi connectivity index (χ4v) is 4.11. The summed E-state index contributed by atoms with van der Waals surface area (Å²) in [6, 6.07) is 23.4. The summed E-state index contributed by atoms with van der Waals surface area (Å²) < 4.78 is 5.84. The molecule has 3 rings (SSSR count). The smallest absolute Gasteiger partial charge is 0.407 e. The van der Waals surface area contributed by atoms with Crippen LogP contribution in [0.1, 0.15) is 35.6 Å². The third-order valence-electron chi connectivity index (χ3n) is 6.28. The number of phenolic OH excluding ortho intramolecular Hbond substituents is 1. The summed E-state index contributed by atoms with van der Waals surface area (Å²) in [5.74, 6) is 0.636. The van der Waals surface area contributed by atoms with E-state index in [4.69, 9.17) is 4.74 Å². The lowest BCUT2D eigenvalue weighted by atomic mass is 9.88. The first-order chi connectivity index (χ1) is 18.7. The number of allylic oxidation sites excluding steroid dienone is 1. The van der Waals surface area contributed by atoms with Crippen LogP contribution in [0.4, 0.5) is 4.79 Å². The maximum atomic E-state index is 11.7. The summed E-state index contributed by atoms with van der Waals surface area (Å²) in [7, 11) is 3.27. The number of hydrogen-bond acceptors (Lipinski definition) is 4. The molecule has 39 heavy (non-hydrogen) atoms. The standard InChI is InChI=1S/C32H36N2O5/c1-5-29(24-10-8-23(2)9-11-24)31(25-12-16-27(35)17-13-25)26-14-18-28(19-15-26)39-22-21-34(32(37)38)20-6-7-30(36)33(3)4/h6-19,35H,5,20-22H2,1-4H3,(H,37,38). The second-order valence-corrected chi connectivity index (χ2v) is 9.36. The third-order valence-corrected chi connectivity index (χ3v) is 6.28. The predicted molar refractivity (Wildman–Crippen MR) is 155 cm³/mol. The van der Waals surface area contributed by atoms with Gasteiger partial charge in [0.05, 0.1) is 6.54 Å². The molecule has 0 saturated heterocycles. The van der Waals surface area contributed by atoms with Crippen LogP contribution in [-0.2, 0) is 4.79 Å². The van der Waals surface area contributed by atoms with E-state index in [0.717, 1.165) is 28.7 Å². The van der Waals surface area contributed by atoms with Gasteiger partial charge in [-0.3, -0.25) is 4.79 Å². The number of carbonyl (C=O) groups is 2. The number of ether oxygens (including phenoxy) is 1. The van der Waals surface area contributed by atoms with E-state index < -0.39 is 6.09 Å². The first-order valence-electron chi connectivity index (χ1n) is 12.9. The van der Waals surface area contributed by atoms with Crippen LogP contribution in [0.5, 0.6) is 11.5 Å². The molecule has 0 bridgehead atoms. The maximum Gasteiger partial charge on any atom is 0.407 e. The Hall–Kier alpha value is -4.52. The van der Waals surface area contributed by atoms with Crippen LogP contribution < -0.4 is 4.74 Å². The number of hydrogen-bond donors (Lipinski definition) is 2. The number of carboxylic acid groups (broad SMARTS) is 1. The van der Waals surface area contributed by atoms with E-state index in [1.807, 2.05) is 36.4 Å². The quantitative estimate of drug-likeness (QED) is 0.233. The average Bonchev–Trinajstić information content (AvgIpc) is 2.92. The molecule has 0 atom stereocenters. The van der Waals surface area contributed by atoms with Crippen LogP contribution in [-0.4, -0.2) is 65.8 Å². The van der Waals surface area contributed by atoms with Gasteiger partial charge in [-0.1, -0.05) is 67.1 Å². The number of carbonyl (C=O) groups excluding carboxylic acids is 1. The molecule has 0 aliphatic rings. The van der Waals surface area contributed by atoms with Crippen molar-refractivity contribution in [2.45, 2.75) is 20.3 Å². The molecular weight excluding hydrogens is 492 g/mol. The van der Waals surface area contributed by atoms with Crippen molar-refractivity contribution >= 4 is 23.1 Å². The Morgan fingerprint density at radius 3 is 1.97 bits per heavy atom. The van der Waals surface area contributed by atoms with E-state index in [0.29, 0.717) is 5.75 Å². The molecule has 7 nitrogen and oxygen atoms in total. The Labute approximate surface area is 230 Å². The van der Waals surface area contributed by atoms with Crippen molar-refractivity contribution in [3.63, 3.8) is 0 Å². The van der Waals surface area contributed by atoms with Gasteiger partial charge >= 0.3 is 6.09 Å². The van der Waals surface area contributed by atoms with Crippen molar-refractivity contribution in [3.8, 4) is 11.5 Å². The molecule has 0 aliphatic carbocycles. The van der Waals surface area contributed by atoms with Crippen molar-refractivity contribution in [2.75, 3.05) is 33.8 Å². The van der Waals surface area contributed by atoms with Gasteiger partial charge in [0.1, 0.15) is 18.1 Å². The lowest BCUT2D eigenvalue weighted by Gasteiger charge is -2.19. The van der Waals surface area contributed by atoms with Crippen molar-refractivity contribution < 1.29 is 24.5 Å². The summed E-state index contributed by atoms with van der Waals surface area (Å²) in [5, 5.41) is 19.3. The second kappa shape index (κ2) is 13.9. The first kappa shape index (κ1) is 29.0. The van der Waals surface area contributed by atoms with Gasteiger partial charge in [0.15, 0.2) is 0 Å². The van der Waals surface area contributed by atoms with Crippen LogP contribution in [0, 0.1) is 6.92 Å². The highest BCUT2D eigenvalue weighted by atomic mass is 16.5. The summed E-state index contributed by atoms with van der Waals surface area (Å²) in [4.78, 5) is 25.8. The van der Waals surface area contributed by atoms with E-state index in [-0.39, 0.29) is 31.4 Å². The SMILES string of the molecule is CCC(=C(c1ccc(O)cc1)c1ccc(OCCN(CC=CC(=O)N(C)C)C(=O)O)cc1)c1ccc(C)cc1. The molecule has 0 saturated carbocycles. The predicted octanol–water partition coefficient (Wildman–Crippen LogP) is 6.07. The van der Waals surface area contributed by atoms with Gasteiger partial charge in [-0.05, 0) is 65.4 Å². The molecule has 204 valence electrons. The zero-order valence-corrected chi connectivity index (χ0v) is 22.9. The normalized spacial score (nSPS) is 11.7. The number of rotatable bonds is 11. The molecule has 2 N–H and O–H groups in total. The Kier molecular flexibility index (Phi) is 10.3. The molecule has 0 aromatic heterocycles. The Balaban J connectivity index is 1.79. The topological polar surface area (TPSA) is 90.3 Å². The van der Waals surface area contributed by atoms with Crippen LogP contribution >= 0.6 is 0 Å². The van der Waals surface area contributed by atoms with E-state index in [1.54, 1.807) is 26.2 Å². The fraction of sp³-hybridized carbons (Fsp3) is 0.250. The van der Waals surface area contributed by atoms with Crippen molar-refractivity contribution in [2.24, 2.45) is 0 Å². The van der Waals surface area contributed by atoms with E-state index in [9.17, 15) is 19.8 Å². The van der Waals surface area contributed by atoms with Gasteiger partial charge in [-0.2, -0.15) is 0 Å². The van der Waals surface area contributed by atoms with Gasteiger partial charge in [0.25, 0.3) is 0 Å². The lowest BCUT2D eigenvalue weighted by Crippen LogP contribution is -2.33. The monoisotopic (exact) mass is 528 g/mol. The number of aromatic hydroxyl groups is 1. The zero-order chi connectivity index (χ0) is 28.4. The fourth-order valence-electron chi connectivity index (χ4n) is 4.11. The van der Waals surface area contributed by atoms with Crippen LogP contribution in [0.25, 0.3) is 11.1 Å². The summed E-state index contributed by atoms with van der Waals surface area (Å²) >= 11 is 0. The number of aryl methyl sites for hydroxylation is 1. The van der Waals surface area contributed by atoms with Gasteiger partial charge < -0.3 is 24.7 Å². The van der Waals surface area contributed by atoms with E-state index in [1.165, 1.54) is 33.1 Å². The minimum atomic E-state index is -1.08. The molecule has 0 radical (unpaired) electrons. The first-order valence-corrected chi connectivity index (χ1v) is 12.9. The lowest BCUT2D eigenvalue weighted by molar-refractivity contribution is -0.123. The number of likely N-dealkylation sites (N-methyl/N-ethyl adjacent to an activating group) is 1. The van der Waals surface area contributed by atoms with E-state index >= 15 is 0 Å². The van der Waals surface area contributed by atoms with Crippen LogP contribution in [0.3, 0.4) is 0 Å². The second-order valence-electron chi connectivity index (χ2n) is 9.36. The summed E-state index contributed by atoms with van der Waals surface area (Å²) in [6.45, 7) is 4.62. The molecule has 0 unspecified atom stereocenters. The number of amides is 2. The largest absolute Gasteiger partial charge is 0.508 e. The van der Waals surface area contributed by atoms with Crippen molar-refractivity contribution in [1.29, 1.82) is 0 Å². The summed E-state index contributed by atoms with van der Waals surface area (Å²) in [5.41, 5.74) is 6.60.